The first-order valence-electron chi connectivity index (χ1n) is 10.6. The molecule has 0 aliphatic carbocycles. The molecule has 2 heterocycles. The minimum absolute atomic E-state index is 0.0872. The second-order valence-corrected chi connectivity index (χ2v) is 8.39. The van der Waals surface area contributed by atoms with Gasteiger partial charge in [0.2, 0.25) is 5.91 Å². The van der Waals surface area contributed by atoms with Crippen molar-refractivity contribution < 1.29 is 14.6 Å². The number of benzene rings is 2. The molecule has 1 aliphatic rings. The fourth-order valence-corrected chi connectivity index (χ4v) is 4.56. The van der Waals surface area contributed by atoms with E-state index in [9.17, 15) is 4.79 Å². The van der Waals surface area contributed by atoms with Crippen LogP contribution in [0.2, 0.25) is 0 Å². The molecule has 2 aromatic carbocycles. The third kappa shape index (κ3) is 5.12. The van der Waals surface area contributed by atoms with Gasteiger partial charge in [-0.05, 0) is 24.3 Å². The Hall–Kier alpha value is -2.88. The lowest BCUT2D eigenvalue weighted by Crippen LogP contribution is -2.49. The number of thioether (sulfide) groups is 1. The Morgan fingerprint density at radius 3 is 2.56 bits per heavy atom. The van der Waals surface area contributed by atoms with Crippen molar-refractivity contribution >= 4 is 17.7 Å². The predicted octanol–water partition coefficient (Wildman–Crippen LogP) is 2.17. The summed E-state index contributed by atoms with van der Waals surface area (Å²) in [4.78, 5) is 16.9. The van der Waals surface area contributed by atoms with Gasteiger partial charge in [-0.15, -0.1) is 10.2 Å². The fourth-order valence-electron chi connectivity index (χ4n) is 3.70. The number of aromatic nitrogens is 3. The van der Waals surface area contributed by atoms with E-state index in [4.69, 9.17) is 9.84 Å². The lowest BCUT2D eigenvalue weighted by Gasteiger charge is -2.34. The highest BCUT2D eigenvalue weighted by Crippen LogP contribution is 2.29. The number of carbonyl (C=O) groups excluding carboxylic acids is 1. The lowest BCUT2D eigenvalue weighted by molar-refractivity contribution is -0.130. The lowest BCUT2D eigenvalue weighted by atomic mass is 10.2. The van der Waals surface area contributed by atoms with Gasteiger partial charge in [-0.2, -0.15) is 0 Å². The second kappa shape index (κ2) is 10.6. The molecule has 0 unspecified atom stereocenters. The van der Waals surface area contributed by atoms with Crippen molar-refractivity contribution in [2.75, 3.05) is 52.2 Å². The van der Waals surface area contributed by atoms with Gasteiger partial charge < -0.3 is 14.7 Å². The molecule has 1 aliphatic heterocycles. The SMILES string of the molecule is COc1cccc(-c2nnc(SCC(=O)N3CCN(CCO)CC3)n2-c2ccccc2)c1. The first kappa shape index (κ1) is 22.3. The number of rotatable bonds is 8. The van der Waals surface area contributed by atoms with Gasteiger partial charge in [-0.25, -0.2) is 0 Å². The summed E-state index contributed by atoms with van der Waals surface area (Å²) in [6.07, 6.45) is 0. The molecule has 32 heavy (non-hydrogen) atoms. The van der Waals surface area contributed by atoms with E-state index in [-0.39, 0.29) is 12.5 Å². The monoisotopic (exact) mass is 453 g/mol. The highest BCUT2D eigenvalue weighted by molar-refractivity contribution is 7.99. The van der Waals surface area contributed by atoms with Crippen LogP contribution in [0, 0.1) is 0 Å². The number of carbonyl (C=O) groups is 1. The van der Waals surface area contributed by atoms with E-state index >= 15 is 0 Å². The topological polar surface area (TPSA) is 83.7 Å². The third-order valence-electron chi connectivity index (χ3n) is 5.44. The minimum atomic E-state index is 0.0872. The maximum atomic E-state index is 12.8. The van der Waals surface area contributed by atoms with Crippen LogP contribution in [0.25, 0.3) is 17.1 Å². The van der Waals surface area contributed by atoms with Gasteiger partial charge >= 0.3 is 0 Å². The molecule has 8 nitrogen and oxygen atoms in total. The van der Waals surface area contributed by atoms with Crippen LogP contribution in [0.5, 0.6) is 5.75 Å². The normalized spacial score (nSPS) is 14.5. The van der Waals surface area contributed by atoms with Crippen LogP contribution in [0.15, 0.2) is 59.8 Å². The van der Waals surface area contributed by atoms with E-state index in [0.717, 1.165) is 30.1 Å². The number of hydrogen-bond acceptors (Lipinski definition) is 7. The number of amides is 1. The third-order valence-corrected chi connectivity index (χ3v) is 6.36. The van der Waals surface area contributed by atoms with Crippen molar-refractivity contribution in [1.82, 2.24) is 24.6 Å². The van der Waals surface area contributed by atoms with Crippen LogP contribution in [-0.4, -0.2) is 87.8 Å². The molecule has 1 fully saturated rings. The Labute approximate surface area is 191 Å². The maximum Gasteiger partial charge on any atom is 0.233 e. The van der Waals surface area contributed by atoms with Crippen molar-refractivity contribution in [2.45, 2.75) is 5.16 Å². The summed E-state index contributed by atoms with van der Waals surface area (Å²) in [5, 5.41) is 18.6. The molecule has 1 aromatic heterocycles. The second-order valence-electron chi connectivity index (χ2n) is 7.44. The highest BCUT2D eigenvalue weighted by Gasteiger charge is 2.23. The summed E-state index contributed by atoms with van der Waals surface area (Å²) in [7, 11) is 1.64. The van der Waals surface area contributed by atoms with E-state index < -0.39 is 0 Å². The fraction of sp³-hybridized carbons (Fsp3) is 0.348. The molecule has 9 heteroatoms. The van der Waals surface area contributed by atoms with Gasteiger partial charge in [-0.1, -0.05) is 42.1 Å². The van der Waals surface area contributed by atoms with E-state index in [1.165, 1.54) is 11.8 Å². The van der Waals surface area contributed by atoms with Crippen molar-refractivity contribution in [3.8, 4) is 22.8 Å². The number of aliphatic hydroxyl groups excluding tert-OH is 1. The molecule has 0 radical (unpaired) electrons. The molecule has 168 valence electrons. The molecule has 3 aromatic rings. The van der Waals surface area contributed by atoms with Crippen LogP contribution in [0.3, 0.4) is 0 Å². The van der Waals surface area contributed by atoms with Gasteiger partial charge in [0.1, 0.15) is 5.75 Å². The van der Waals surface area contributed by atoms with Crippen molar-refractivity contribution in [2.24, 2.45) is 0 Å². The molecule has 0 spiro atoms. The predicted molar refractivity (Wildman–Crippen MR) is 124 cm³/mol. The summed E-state index contributed by atoms with van der Waals surface area (Å²) >= 11 is 1.39. The van der Waals surface area contributed by atoms with E-state index in [0.29, 0.717) is 36.4 Å². The van der Waals surface area contributed by atoms with Crippen molar-refractivity contribution in [3.05, 3.63) is 54.6 Å². The first-order valence-corrected chi connectivity index (χ1v) is 11.6. The first-order chi connectivity index (χ1) is 15.7. The van der Waals surface area contributed by atoms with Gasteiger partial charge in [-0.3, -0.25) is 14.3 Å². The Bertz CT molecular complexity index is 1040. The zero-order chi connectivity index (χ0) is 22.3. The Balaban J connectivity index is 1.53. The van der Waals surface area contributed by atoms with Crippen LogP contribution < -0.4 is 4.74 Å². The summed E-state index contributed by atoms with van der Waals surface area (Å²) in [5.41, 5.74) is 1.82. The summed E-state index contributed by atoms with van der Waals surface area (Å²) < 4.78 is 7.35. The average Bonchev–Trinajstić information content (AvgIpc) is 3.28. The van der Waals surface area contributed by atoms with Gasteiger partial charge in [0, 0.05) is 44.0 Å². The highest BCUT2D eigenvalue weighted by atomic mass is 32.2. The Morgan fingerprint density at radius 1 is 1.06 bits per heavy atom. The maximum absolute atomic E-state index is 12.8. The molecule has 1 amide bonds. The van der Waals surface area contributed by atoms with E-state index in [1.807, 2.05) is 64.1 Å². The summed E-state index contributed by atoms with van der Waals surface area (Å²) in [5.74, 6) is 1.82. The standard InChI is InChI=1S/C23H27N5O3S/c1-31-20-9-5-6-18(16-20)22-24-25-23(28(22)19-7-3-2-4-8-19)32-17-21(30)27-12-10-26(11-13-27)14-15-29/h2-9,16,29H,10-15,17H2,1H3. The average molecular weight is 454 g/mol. The number of β-amino-alcohol motifs (C(OH)–C–C–N with tert-alkyl or cyclic N) is 1. The number of methoxy groups -OCH3 is 1. The number of piperazine rings is 1. The smallest absolute Gasteiger partial charge is 0.233 e. The molecule has 0 bridgehead atoms. The van der Waals surface area contributed by atoms with Gasteiger partial charge in [0.25, 0.3) is 0 Å². The number of aliphatic hydroxyl groups is 1. The quantitative estimate of drug-likeness (QED) is 0.524. The van der Waals surface area contributed by atoms with E-state index in [1.54, 1.807) is 7.11 Å². The molecule has 4 rings (SSSR count). The zero-order valence-electron chi connectivity index (χ0n) is 18.1. The molecule has 1 saturated heterocycles. The Morgan fingerprint density at radius 2 is 1.84 bits per heavy atom. The van der Waals surface area contributed by atoms with Crippen LogP contribution in [-0.2, 0) is 4.79 Å². The van der Waals surface area contributed by atoms with Crippen molar-refractivity contribution in [3.63, 3.8) is 0 Å². The molecular weight excluding hydrogens is 426 g/mol. The number of hydrogen-bond donors (Lipinski definition) is 1. The van der Waals surface area contributed by atoms with Crippen LogP contribution in [0.1, 0.15) is 0 Å². The van der Waals surface area contributed by atoms with Gasteiger partial charge in [0.15, 0.2) is 11.0 Å². The minimum Gasteiger partial charge on any atom is -0.497 e. The van der Waals surface area contributed by atoms with Crippen molar-refractivity contribution in [1.29, 1.82) is 0 Å². The molecule has 0 atom stereocenters. The number of para-hydroxylation sites is 1. The number of ether oxygens (including phenoxy) is 1. The van der Waals surface area contributed by atoms with Crippen LogP contribution >= 0.6 is 11.8 Å². The zero-order valence-corrected chi connectivity index (χ0v) is 18.9. The molecule has 1 N–H and O–H groups in total. The van der Waals surface area contributed by atoms with Crippen LogP contribution in [0.4, 0.5) is 0 Å². The van der Waals surface area contributed by atoms with E-state index in [2.05, 4.69) is 15.1 Å². The molecular formula is C23H27N5O3S. The van der Waals surface area contributed by atoms with Gasteiger partial charge in [0.05, 0.1) is 19.5 Å². The largest absolute Gasteiger partial charge is 0.497 e. The summed E-state index contributed by atoms with van der Waals surface area (Å²) in [6, 6.07) is 17.6. The summed E-state index contributed by atoms with van der Waals surface area (Å²) in [6.45, 7) is 3.74. The molecule has 0 saturated carbocycles. The Kier molecular flexibility index (Phi) is 7.41. The number of nitrogens with zero attached hydrogens (tertiary/aromatic N) is 5.